The summed E-state index contributed by atoms with van der Waals surface area (Å²) >= 11 is 1.37. The van der Waals surface area contributed by atoms with E-state index in [-0.39, 0.29) is 30.1 Å². The summed E-state index contributed by atoms with van der Waals surface area (Å²) in [6, 6.07) is 3.07. The average molecular weight is 358 g/mol. The molecule has 0 aliphatic carbocycles. The zero-order valence-electron chi connectivity index (χ0n) is 13.4. The molecule has 1 unspecified atom stereocenters. The third-order valence-electron chi connectivity index (χ3n) is 3.63. The van der Waals surface area contributed by atoms with Crippen molar-refractivity contribution in [1.82, 2.24) is 16.0 Å². The highest BCUT2D eigenvalue weighted by Crippen LogP contribution is 2.10. The van der Waals surface area contributed by atoms with Crippen LogP contribution in [0.2, 0.25) is 0 Å². The highest BCUT2D eigenvalue weighted by molar-refractivity contribution is 7.12. The minimum absolute atomic E-state index is 0. The van der Waals surface area contributed by atoms with E-state index < -0.39 is 6.04 Å². The highest BCUT2D eigenvalue weighted by Gasteiger charge is 2.24. The van der Waals surface area contributed by atoms with Crippen LogP contribution in [0.5, 0.6) is 0 Å². The molecule has 0 spiro atoms. The van der Waals surface area contributed by atoms with Crippen LogP contribution < -0.4 is 16.0 Å². The standard InChI is InChI=1S/C16H23N3O2S.ClH/c1-11(2)14(19-15(20)13-4-3-9-22-13)16(21)18-10-12-5-7-17-8-6-12;/h3-5,9,11,14,17H,6-8,10H2,1-2H3,(H,18,21)(H,19,20);1H. The summed E-state index contributed by atoms with van der Waals surface area (Å²) in [5, 5.41) is 10.9. The lowest BCUT2D eigenvalue weighted by Crippen LogP contribution is -2.50. The SMILES string of the molecule is CC(C)C(NC(=O)c1cccs1)C(=O)NCC1=CCNCC1.Cl. The lowest BCUT2D eigenvalue weighted by Gasteiger charge is -2.22. The molecule has 2 rings (SSSR count). The van der Waals surface area contributed by atoms with Crippen molar-refractivity contribution in [2.45, 2.75) is 26.3 Å². The second-order valence-electron chi connectivity index (χ2n) is 5.71. The second-order valence-corrected chi connectivity index (χ2v) is 6.65. The van der Waals surface area contributed by atoms with Gasteiger partial charge in [-0.25, -0.2) is 0 Å². The quantitative estimate of drug-likeness (QED) is 0.682. The van der Waals surface area contributed by atoms with Gasteiger partial charge in [-0.05, 0) is 30.3 Å². The third-order valence-corrected chi connectivity index (χ3v) is 4.50. The van der Waals surface area contributed by atoms with E-state index in [0.717, 1.165) is 19.5 Å². The zero-order valence-corrected chi connectivity index (χ0v) is 15.1. The molecule has 1 aromatic heterocycles. The summed E-state index contributed by atoms with van der Waals surface area (Å²) < 4.78 is 0. The normalized spacial score (nSPS) is 15.3. The van der Waals surface area contributed by atoms with Gasteiger partial charge in [0.25, 0.3) is 5.91 Å². The fraction of sp³-hybridized carbons (Fsp3) is 0.500. The van der Waals surface area contributed by atoms with Crippen molar-refractivity contribution in [2.75, 3.05) is 19.6 Å². The first-order valence-electron chi connectivity index (χ1n) is 7.58. The van der Waals surface area contributed by atoms with E-state index in [1.54, 1.807) is 6.07 Å². The van der Waals surface area contributed by atoms with Gasteiger partial charge in [-0.3, -0.25) is 9.59 Å². The fourth-order valence-electron chi connectivity index (χ4n) is 2.30. The highest BCUT2D eigenvalue weighted by atomic mass is 35.5. The van der Waals surface area contributed by atoms with Crippen LogP contribution in [0.1, 0.15) is 29.9 Å². The number of rotatable bonds is 6. The molecule has 0 saturated carbocycles. The summed E-state index contributed by atoms with van der Waals surface area (Å²) in [6.45, 7) is 6.22. The van der Waals surface area contributed by atoms with Gasteiger partial charge in [0.2, 0.25) is 5.91 Å². The largest absolute Gasteiger partial charge is 0.351 e. The van der Waals surface area contributed by atoms with E-state index in [1.165, 1.54) is 16.9 Å². The molecule has 0 saturated heterocycles. The first kappa shape index (κ1) is 19.7. The van der Waals surface area contributed by atoms with E-state index >= 15 is 0 Å². The van der Waals surface area contributed by atoms with Crippen LogP contribution in [-0.4, -0.2) is 37.5 Å². The average Bonchev–Trinajstić information content (AvgIpc) is 3.05. The Morgan fingerprint density at radius 2 is 2.17 bits per heavy atom. The molecule has 0 radical (unpaired) electrons. The molecule has 3 N–H and O–H groups in total. The summed E-state index contributed by atoms with van der Waals surface area (Å²) in [4.78, 5) is 25.1. The zero-order chi connectivity index (χ0) is 15.9. The lowest BCUT2D eigenvalue weighted by molar-refractivity contribution is -0.123. The van der Waals surface area contributed by atoms with E-state index in [4.69, 9.17) is 0 Å². The van der Waals surface area contributed by atoms with Crippen molar-refractivity contribution in [3.8, 4) is 0 Å². The Morgan fingerprint density at radius 1 is 1.39 bits per heavy atom. The molecular weight excluding hydrogens is 334 g/mol. The molecule has 0 bridgehead atoms. The first-order chi connectivity index (χ1) is 10.6. The number of thiophene rings is 1. The van der Waals surface area contributed by atoms with Crippen molar-refractivity contribution in [3.63, 3.8) is 0 Å². The van der Waals surface area contributed by atoms with Gasteiger partial charge in [-0.2, -0.15) is 0 Å². The number of hydrogen-bond donors (Lipinski definition) is 3. The van der Waals surface area contributed by atoms with Crippen molar-refractivity contribution in [2.24, 2.45) is 5.92 Å². The lowest BCUT2D eigenvalue weighted by atomic mass is 10.0. The van der Waals surface area contributed by atoms with Crippen LogP contribution in [0.25, 0.3) is 0 Å². The second kappa shape index (κ2) is 9.70. The predicted octanol–water partition coefficient (Wildman–Crippen LogP) is 1.96. The number of amides is 2. The molecule has 1 aromatic rings. The van der Waals surface area contributed by atoms with E-state index in [2.05, 4.69) is 22.0 Å². The molecule has 2 heterocycles. The molecule has 1 atom stereocenters. The van der Waals surface area contributed by atoms with Crippen molar-refractivity contribution in [3.05, 3.63) is 34.0 Å². The van der Waals surface area contributed by atoms with Crippen LogP contribution in [0.4, 0.5) is 0 Å². The van der Waals surface area contributed by atoms with Crippen LogP contribution in [0.3, 0.4) is 0 Å². The molecule has 2 amide bonds. The molecule has 0 aromatic carbocycles. The molecule has 1 aliphatic rings. The van der Waals surface area contributed by atoms with Gasteiger partial charge in [0, 0.05) is 13.1 Å². The van der Waals surface area contributed by atoms with E-state index in [0.29, 0.717) is 11.4 Å². The summed E-state index contributed by atoms with van der Waals surface area (Å²) in [5.74, 6) is -0.282. The summed E-state index contributed by atoms with van der Waals surface area (Å²) in [6.07, 6.45) is 3.06. The minimum atomic E-state index is -0.517. The van der Waals surface area contributed by atoms with Crippen LogP contribution in [0, 0.1) is 5.92 Å². The van der Waals surface area contributed by atoms with Crippen molar-refractivity contribution < 1.29 is 9.59 Å². The number of nitrogens with one attached hydrogen (secondary N) is 3. The van der Waals surface area contributed by atoms with Crippen molar-refractivity contribution >= 4 is 35.6 Å². The van der Waals surface area contributed by atoms with Crippen LogP contribution in [0.15, 0.2) is 29.2 Å². The smallest absolute Gasteiger partial charge is 0.262 e. The molecule has 7 heteroatoms. The molecular formula is C16H24ClN3O2S. The van der Waals surface area contributed by atoms with Gasteiger partial charge in [0.1, 0.15) is 6.04 Å². The van der Waals surface area contributed by atoms with Crippen molar-refractivity contribution in [1.29, 1.82) is 0 Å². The maximum Gasteiger partial charge on any atom is 0.262 e. The Balaban J connectivity index is 0.00000264. The number of carbonyl (C=O) groups is 2. The van der Waals surface area contributed by atoms with E-state index in [1.807, 2.05) is 25.3 Å². The fourth-order valence-corrected chi connectivity index (χ4v) is 2.92. The van der Waals surface area contributed by atoms with Crippen LogP contribution in [-0.2, 0) is 4.79 Å². The minimum Gasteiger partial charge on any atom is -0.351 e. The Bertz CT molecular complexity index is 544. The maximum absolute atomic E-state index is 12.4. The maximum atomic E-state index is 12.4. The Hall–Kier alpha value is -1.37. The Labute approximate surface area is 147 Å². The molecule has 1 aliphatic heterocycles. The third kappa shape index (κ3) is 5.97. The monoisotopic (exact) mass is 357 g/mol. The van der Waals surface area contributed by atoms with Gasteiger partial charge in [0.15, 0.2) is 0 Å². The summed E-state index contributed by atoms with van der Waals surface area (Å²) in [5.41, 5.74) is 1.24. The van der Waals surface area contributed by atoms with Crippen LogP contribution >= 0.6 is 23.7 Å². The summed E-state index contributed by atoms with van der Waals surface area (Å²) in [7, 11) is 0. The molecule has 23 heavy (non-hydrogen) atoms. The van der Waals surface area contributed by atoms with Gasteiger partial charge < -0.3 is 16.0 Å². The molecule has 0 fully saturated rings. The van der Waals surface area contributed by atoms with Gasteiger partial charge in [-0.15, -0.1) is 23.7 Å². The number of hydrogen-bond acceptors (Lipinski definition) is 4. The topological polar surface area (TPSA) is 70.2 Å². The van der Waals surface area contributed by atoms with Gasteiger partial charge in [-0.1, -0.05) is 31.6 Å². The first-order valence-corrected chi connectivity index (χ1v) is 8.46. The number of halogens is 1. The van der Waals surface area contributed by atoms with Gasteiger partial charge in [0.05, 0.1) is 4.88 Å². The Morgan fingerprint density at radius 3 is 2.74 bits per heavy atom. The molecule has 128 valence electrons. The predicted molar refractivity (Wildman–Crippen MR) is 96.2 cm³/mol. The van der Waals surface area contributed by atoms with Gasteiger partial charge >= 0.3 is 0 Å². The Kier molecular flexibility index (Phi) is 8.30. The van der Waals surface area contributed by atoms with E-state index in [9.17, 15) is 9.59 Å². The molecule has 5 nitrogen and oxygen atoms in total. The number of carbonyl (C=O) groups excluding carboxylic acids is 2.